The number of carbonyl (C=O) groups excluding carboxylic acids is 2. The third-order valence-electron chi connectivity index (χ3n) is 13.1. The van der Waals surface area contributed by atoms with E-state index >= 15 is 0 Å². The maximum Gasteiger partial charge on any atom is 0.224 e. The summed E-state index contributed by atoms with van der Waals surface area (Å²) in [4.78, 5) is 34.7. The Morgan fingerprint density at radius 2 is 0.597 bits per heavy atom. The molecule has 3 aromatic rings. The molecule has 0 unspecified atom stereocenters. The highest BCUT2D eigenvalue weighted by atomic mass is 16.2. The van der Waals surface area contributed by atoms with Crippen LogP contribution in [-0.4, -0.2) is 23.2 Å². The molecule has 0 radical (unpaired) electrons. The second-order valence-corrected chi connectivity index (χ2v) is 19.3. The highest BCUT2D eigenvalue weighted by molar-refractivity contribution is 6.19. The summed E-state index contributed by atoms with van der Waals surface area (Å²) in [5.41, 5.74) is 7.55. The van der Waals surface area contributed by atoms with Gasteiger partial charge in [0.15, 0.2) is 0 Å². The van der Waals surface area contributed by atoms with E-state index in [-0.39, 0.29) is 11.8 Å². The van der Waals surface area contributed by atoms with Gasteiger partial charge in [-0.05, 0) is 103 Å². The second kappa shape index (κ2) is 36.5. The molecule has 2 amide bonds. The van der Waals surface area contributed by atoms with E-state index in [9.17, 15) is 9.59 Å². The summed E-state index contributed by atoms with van der Waals surface area (Å²) >= 11 is 0. The van der Waals surface area contributed by atoms with E-state index in [1.54, 1.807) is 0 Å². The van der Waals surface area contributed by atoms with Crippen molar-refractivity contribution < 1.29 is 9.59 Å². The van der Waals surface area contributed by atoms with Crippen molar-refractivity contribution in [3.05, 3.63) is 108 Å². The van der Waals surface area contributed by atoms with Gasteiger partial charge in [-0.3, -0.25) is 9.59 Å². The minimum absolute atomic E-state index is 0.0846. The number of rotatable bonds is 38. The van der Waals surface area contributed by atoms with Crippen molar-refractivity contribution in [3.8, 4) is 0 Å². The highest BCUT2D eigenvalue weighted by Gasteiger charge is 2.07. The second-order valence-electron chi connectivity index (χ2n) is 19.3. The molecule has 0 heterocycles. The largest absolute Gasteiger partial charge is 0.326 e. The summed E-state index contributed by atoms with van der Waals surface area (Å²) in [5.74, 6) is 0.195. The van der Waals surface area contributed by atoms with E-state index in [0.29, 0.717) is 12.8 Å². The van der Waals surface area contributed by atoms with Crippen LogP contribution < -0.4 is 10.6 Å². The maximum atomic E-state index is 12.6. The van der Waals surface area contributed by atoms with Gasteiger partial charge in [-0.25, -0.2) is 9.98 Å². The zero-order valence-electron chi connectivity index (χ0n) is 42.3. The van der Waals surface area contributed by atoms with Crippen LogP contribution in [0.2, 0.25) is 0 Å². The fourth-order valence-corrected chi connectivity index (χ4v) is 8.91. The quantitative estimate of drug-likeness (QED) is 0.0443. The number of aliphatic imine (C=N–C) groups is 2. The molecule has 0 saturated carbocycles. The predicted octanol–water partition coefficient (Wildman–Crippen LogP) is 18.6. The molecule has 0 atom stereocenters. The molecule has 4 rings (SSSR count). The fourth-order valence-electron chi connectivity index (χ4n) is 8.91. The molecule has 0 fully saturated rings. The van der Waals surface area contributed by atoms with Crippen LogP contribution in [0.5, 0.6) is 0 Å². The Labute approximate surface area is 408 Å². The Morgan fingerprint density at radius 3 is 0.910 bits per heavy atom. The molecule has 366 valence electrons. The number of hydrogen-bond acceptors (Lipinski definition) is 4. The first-order valence-corrected chi connectivity index (χ1v) is 27.4. The minimum atomic E-state index is 0.0846. The normalized spacial score (nSPS) is 12.1. The van der Waals surface area contributed by atoms with Gasteiger partial charge < -0.3 is 10.6 Å². The van der Waals surface area contributed by atoms with Crippen LogP contribution in [0.4, 0.5) is 22.7 Å². The van der Waals surface area contributed by atoms with Gasteiger partial charge in [0.25, 0.3) is 0 Å². The number of unbranched alkanes of at least 4 members (excludes halogenated alkanes) is 28. The first kappa shape index (κ1) is 55.0. The summed E-state index contributed by atoms with van der Waals surface area (Å²) in [6.45, 7) is 4.56. The maximum absolute atomic E-state index is 12.6. The van der Waals surface area contributed by atoms with Gasteiger partial charge in [0.1, 0.15) is 0 Å². The van der Waals surface area contributed by atoms with Crippen LogP contribution in [-0.2, 0) is 16.0 Å². The van der Waals surface area contributed by atoms with Gasteiger partial charge in [0.05, 0.1) is 22.8 Å². The summed E-state index contributed by atoms with van der Waals surface area (Å²) < 4.78 is 0. The third kappa shape index (κ3) is 27.1. The van der Waals surface area contributed by atoms with E-state index in [4.69, 9.17) is 9.98 Å². The molecule has 0 aromatic heterocycles. The fraction of sp³-hybridized carbons (Fsp3) is 0.574. The number of benzene rings is 3. The van der Waals surface area contributed by atoms with Gasteiger partial charge in [-0.1, -0.05) is 218 Å². The number of anilines is 2. The van der Waals surface area contributed by atoms with E-state index in [0.717, 1.165) is 66.3 Å². The van der Waals surface area contributed by atoms with Gasteiger partial charge in [-0.2, -0.15) is 0 Å². The Bertz CT molecular complexity index is 1850. The molecule has 2 N–H and O–H groups in total. The lowest BCUT2D eigenvalue weighted by atomic mass is 10.0. The molecule has 6 nitrogen and oxygen atoms in total. The molecular weight excluding hydrogens is 821 g/mol. The van der Waals surface area contributed by atoms with E-state index in [1.807, 2.05) is 60.7 Å². The highest BCUT2D eigenvalue weighted by Crippen LogP contribution is 2.22. The first-order valence-electron chi connectivity index (χ1n) is 27.4. The summed E-state index contributed by atoms with van der Waals surface area (Å²) in [7, 11) is 0. The van der Waals surface area contributed by atoms with Crippen LogP contribution in [0.15, 0.2) is 107 Å². The van der Waals surface area contributed by atoms with Gasteiger partial charge in [-0.15, -0.1) is 0 Å². The van der Waals surface area contributed by atoms with Crippen molar-refractivity contribution >= 4 is 46.0 Å². The molecule has 0 aliphatic heterocycles. The Hall–Kier alpha value is -4.58. The SMILES string of the molecule is CCCCCCCCCCCCCCCCCC(=O)Nc1ccc(Cc2ccc(N=C3C=CC(=Nc4ccc(NC(=O)CCCCCCCCCCCCCCCCC)cc4)C=C3)cc2)cc1. The van der Waals surface area contributed by atoms with Crippen molar-refractivity contribution in [1.82, 2.24) is 0 Å². The summed E-state index contributed by atoms with van der Waals surface area (Å²) in [6.07, 6.45) is 49.7. The number of hydrogen-bond donors (Lipinski definition) is 2. The van der Waals surface area contributed by atoms with Crippen LogP contribution in [0, 0.1) is 0 Å². The van der Waals surface area contributed by atoms with Crippen LogP contribution in [0.3, 0.4) is 0 Å². The van der Waals surface area contributed by atoms with Gasteiger partial charge >= 0.3 is 0 Å². The molecule has 67 heavy (non-hydrogen) atoms. The molecule has 3 aromatic carbocycles. The Kier molecular flexibility index (Phi) is 29.9. The average Bonchev–Trinajstić information content (AvgIpc) is 3.34. The third-order valence-corrected chi connectivity index (χ3v) is 13.1. The monoisotopic (exact) mass is 911 g/mol. The Balaban J connectivity index is 1.02. The van der Waals surface area contributed by atoms with Crippen molar-refractivity contribution in [3.63, 3.8) is 0 Å². The van der Waals surface area contributed by atoms with Crippen molar-refractivity contribution in [1.29, 1.82) is 0 Å². The van der Waals surface area contributed by atoms with Gasteiger partial charge in [0, 0.05) is 24.2 Å². The number of nitrogens with one attached hydrogen (secondary N) is 2. The van der Waals surface area contributed by atoms with E-state index < -0.39 is 0 Å². The molecule has 1 aliphatic rings. The van der Waals surface area contributed by atoms with Crippen LogP contribution >= 0.6 is 0 Å². The lowest BCUT2D eigenvalue weighted by Crippen LogP contribution is -2.11. The molecule has 6 heteroatoms. The molecular formula is C61H90N4O2. The van der Waals surface area contributed by atoms with Crippen molar-refractivity contribution in [2.24, 2.45) is 9.98 Å². The predicted molar refractivity (Wildman–Crippen MR) is 291 cm³/mol. The zero-order valence-corrected chi connectivity index (χ0v) is 42.3. The standard InChI is InChI=1S/C61H90N4O2/c1-3-5-7-9-11-13-15-17-19-21-23-25-27-29-31-33-60(66)64-58-41-37-53(38-42-58)51-52-35-39-54(40-36-52)62-55-43-45-56(46-44-55)63-57-47-49-59(50-48-57)65-61(67)34-32-30-28-26-24-22-20-18-16-14-12-10-8-6-4-2/h35-50H,3-34,51H2,1-2H3,(H,64,66)(H,65,67). The molecule has 0 saturated heterocycles. The average molecular weight is 911 g/mol. The van der Waals surface area contributed by atoms with Gasteiger partial charge in [0.2, 0.25) is 11.8 Å². The van der Waals surface area contributed by atoms with Crippen molar-refractivity contribution in [2.75, 3.05) is 10.6 Å². The lowest BCUT2D eigenvalue weighted by Gasteiger charge is -2.08. The Morgan fingerprint density at radius 1 is 0.343 bits per heavy atom. The number of amides is 2. The zero-order chi connectivity index (χ0) is 47.3. The number of allylic oxidation sites excluding steroid dienone is 4. The first-order chi connectivity index (χ1) is 33.0. The summed E-state index contributed by atoms with van der Waals surface area (Å²) in [6, 6.07) is 24.3. The van der Waals surface area contributed by atoms with Crippen molar-refractivity contribution in [2.45, 2.75) is 226 Å². The molecule has 1 aliphatic carbocycles. The summed E-state index contributed by atoms with van der Waals surface area (Å²) in [5, 5.41) is 6.13. The number of carbonyl (C=O) groups is 2. The van der Waals surface area contributed by atoms with Crippen LogP contribution in [0.25, 0.3) is 0 Å². The number of nitrogens with zero attached hydrogens (tertiary/aromatic N) is 2. The molecule has 0 bridgehead atoms. The lowest BCUT2D eigenvalue weighted by molar-refractivity contribution is -0.117. The smallest absolute Gasteiger partial charge is 0.224 e. The molecule has 0 spiro atoms. The topological polar surface area (TPSA) is 82.9 Å². The van der Waals surface area contributed by atoms with E-state index in [1.165, 1.54) is 178 Å². The van der Waals surface area contributed by atoms with Crippen LogP contribution in [0.1, 0.15) is 230 Å². The minimum Gasteiger partial charge on any atom is -0.326 e. The van der Waals surface area contributed by atoms with E-state index in [2.05, 4.69) is 60.9 Å².